The van der Waals surface area contributed by atoms with Gasteiger partial charge in [0.2, 0.25) is 0 Å². The van der Waals surface area contributed by atoms with E-state index in [-0.39, 0.29) is 45.3 Å². The molecule has 0 bridgehead atoms. The third kappa shape index (κ3) is 7.14. The SMILES string of the molecule is CC(=O)/C(=C(\C)c1ccc(F)c(Cl)c1)c1ccc(S(C)(=O)=O)cc1.O=C[O-].[Na+]. The van der Waals surface area contributed by atoms with Gasteiger partial charge in [0.1, 0.15) is 5.82 Å². The molecule has 5 nitrogen and oxygen atoms in total. The average Bonchev–Trinajstić information content (AvgIpc) is 2.57. The molecule has 144 valence electrons. The van der Waals surface area contributed by atoms with Gasteiger partial charge < -0.3 is 9.90 Å². The van der Waals surface area contributed by atoms with Crippen LogP contribution in [0.4, 0.5) is 4.39 Å². The first-order valence-electron chi connectivity index (χ1n) is 7.56. The molecule has 9 heteroatoms. The molecule has 0 fully saturated rings. The van der Waals surface area contributed by atoms with Gasteiger partial charge in [-0.1, -0.05) is 29.8 Å². The van der Waals surface area contributed by atoms with Crippen LogP contribution in [0.15, 0.2) is 47.4 Å². The Morgan fingerprint density at radius 2 is 1.54 bits per heavy atom. The first-order valence-corrected chi connectivity index (χ1v) is 9.83. The number of rotatable bonds is 4. The van der Waals surface area contributed by atoms with Gasteiger partial charge in [0, 0.05) is 18.3 Å². The number of sulfone groups is 1. The van der Waals surface area contributed by atoms with Gasteiger partial charge in [0.05, 0.1) is 9.92 Å². The topological polar surface area (TPSA) is 91.3 Å². The van der Waals surface area contributed by atoms with Gasteiger partial charge in [-0.05, 0) is 54.8 Å². The Kier molecular flexibility index (Phi) is 10.9. The second-order valence-electron chi connectivity index (χ2n) is 5.58. The number of hydrogen-bond acceptors (Lipinski definition) is 5. The van der Waals surface area contributed by atoms with E-state index in [2.05, 4.69) is 0 Å². The molecule has 2 rings (SSSR count). The van der Waals surface area contributed by atoms with Gasteiger partial charge in [-0.3, -0.25) is 4.79 Å². The summed E-state index contributed by atoms with van der Waals surface area (Å²) in [5, 5.41) is 8.22. The van der Waals surface area contributed by atoms with E-state index in [1.165, 1.54) is 31.2 Å². The van der Waals surface area contributed by atoms with Gasteiger partial charge in [0.25, 0.3) is 0 Å². The maximum Gasteiger partial charge on any atom is 1.00 e. The van der Waals surface area contributed by atoms with Crippen LogP contribution in [0.3, 0.4) is 0 Å². The third-order valence-electron chi connectivity index (χ3n) is 3.65. The molecule has 0 radical (unpaired) electrons. The van der Waals surface area contributed by atoms with Crippen LogP contribution in [-0.2, 0) is 19.4 Å². The number of ketones is 1. The Labute approximate surface area is 190 Å². The molecule has 2 aromatic carbocycles. The maximum absolute atomic E-state index is 13.3. The largest absolute Gasteiger partial charge is 1.00 e. The summed E-state index contributed by atoms with van der Waals surface area (Å²) in [5.41, 5.74) is 2.28. The number of halogens is 2. The summed E-state index contributed by atoms with van der Waals surface area (Å²) in [7, 11) is -3.31. The quantitative estimate of drug-likeness (QED) is 0.287. The first-order chi connectivity index (χ1) is 12.5. The molecular weight excluding hydrogens is 418 g/mol. The molecule has 0 atom stereocenters. The van der Waals surface area contributed by atoms with E-state index in [9.17, 15) is 17.6 Å². The van der Waals surface area contributed by atoms with E-state index in [1.807, 2.05) is 0 Å². The van der Waals surface area contributed by atoms with Gasteiger partial charge in [-0.2, -0.15) is 0 Å². The Morgan fingerprint density at radius 1 is 1.07 bits per heavy atom. The molecule has 0 unspecified atom stereocenters. The molecule has 0 saturated heterocycles. The van der Waals surface area contributed by atoms with Crippen LogP contribution in [0, 0.1) is 5.82 Å². The van der Waals surface area contributed by atoms with E-state index in [1.54, 1.807) is 25.1 Å². The fourth-order valence-electron chi connectivity index (χ4n) is 2.43. The van der Waals surface area contributed by atoms with Crippen molar-refractivity contribution in [3.63, 3.8) is 0 Å². The van der Waals surface area contributed by atoms with Crippen LogP contribution in [0.1, 0.15) is 25.0 Å². The smallest absolute Gasteiger partial charge is 0.554 e. The van der Waals surface area contributed by atoms with Crippen molar-refractivity contribution in [2.75, 3.05) is 6.26 Å². The number of Topliss-reactive ketones (excluding diaryl/α,β-unsaturated/α-hetero) is 1. The second kappa shape index (κ2) is 11.5. The van der Waals surface area contributed by atoms with Crippen molar-refractivity contribution in [3.8, 4) is 0 Å². The molecule has 0 aliphatic rings. The molecule has 0 heterocycles. The molecule has 28 heavy (non-hydrogen) atoms. The Bertz CT molecular complexity index is 986. The molecular formula is C19H17ClFNaO5S. The van der Waals surface area contributed by atoms with Crippen molar-refractivity contribution >= 4 is 44.8 Å². The zero-order valence-electron chi connectivity index (χ0n) is 15.8. The Balaban J connectivity index is 0.00000171. The van der Waals surface area contributed by atoms with Crippen molar-refractivity contribution in [2.24, 2.45) is 0 Å². The minimum absolute atomic E-state index is 0. The summed E-state index contributed by atoms with van der Waals surface area (Å²) in [6, 6.07) is 10.3. The maximum atomic E-state index is 13.3. The Hall–Kier alpha value is -1.51. The molecule has 0 spiro atoms. The van der Waals surface area contributed by atoms with E-state index in [0.29, 0.717) is 22.3 Å². The van der Waals surface area contributed by atoms with Crippen molar-refractivity contribution in [2.45, 2.75) is 18.7 Å². The van der Waals surface area contributed by atoms with Crippen LogP contribution in [0.2, 0.25) is 5.02 Å². The summed E-state index contributed by atoms with van der Waals surface area (Å²) >= 11 is 5.81. The third-order valence-corrected chi connectivity index (χ3v) is 5.07. The van der Waals surface area contributed by atoms with Crippen LogP contribution >= 0.6 is 11.6 Å². The van der Waals surface area contributed by atoms with E-state index >= 15 is 0 Å². The van der Waals surface area contributed by atoms with Crippen molar-refractivity contribution in [3.05, 3.63) is 64.4 Å². The fraction of sp³-hybridized carbons (Fsp3) is 0.158. The molecule has 0 aromatic heterocycles. The van der Waals surface area contributed by atoms with Gasteiger partial charge >= 0.3 is 29.6 Å². The zero-order chi connectivity index (χ0) is 20.8. The molecule has 0 aliphatic carbocycles. The van der Waals surface area contributed by atoms with E-state index in [4.69, 9.17) is 21.5 Å². The van der Waals surface area contributed by atoms with Crippen LogP contribution in [0.25, 0.3) is 11.1 Å². The fourth-order valence-corrected chi connectivity index (χ4v) is 3.24. The summed E-state index contributed by atoms with van der Waals surface area (Å²) in [5.74, 6) is -0.713. The number of carbonyl (C=O) groups is 2. The van der Waals surface area contributed by atoms with Gasteiger partial charge in [-0.25, -0.2) is 12.8 Å². The van der Waals surface area contributed by atoms with E-state index < -0.39 is 22.1 Å². The number of hydrogen-bond donors (Lipinski definition) is 0. The minimum Gasteiger partial charge on any atom is -0.554 e. The van der Waals surface area contributed by atoms with Gasteiger partial charge in [0.15, 0.2) is 15.6 Å². The molecule has 0 N–H and O–H groups in total. The van der Waals surface area contributed by atoms with Crippen molar-refractivity contribution in [1.29, 1.82) is 0 Å². The summed E-state index contributed by atoms with van der Waals surface area (Å²) in [4.78, 5) is 20.5. The van der Waals surface area contributed by atoms with Crippen LogP contribution in [-0.4, -0.2) is 26.9 Å². The molecule has 2 aromatic rings. The van der Waals surface area contributed by atoms with Crippen molar-refractivity contribution in [1.82, 2.24) is 0 Å². The summed E-state index contributed by atoms with van der Waals surface area (Å²) < 4.78 is 36.4. The predicted octanol–water partition coefficient (Wildman–Crippen LogP) is -0.228. The first kappa shape index (κ1) is 26.5. The predicted molar refractivity (Wildman–Crippen MR) is 100 cm³/mol. The van der Waals surface area contributed by atoms with Gasteiger partial charge in [-0.15, -0.1) is 0 Å². The number of carbonyl (C=O) groups excluding carboxylic acids is 2. The molecule has 0 saturated carbocycles. The normalized spacial score (nSPS) is 11.3. The standard InChI is InChI=1S/C18H16ClFO3S.CH2O2.Na/c1-11(14-6-9-17(20)16(19)10-14)18(12(2)21)13-4-7-15(8-5-13)24(3,22)23;2-1-3;/h4-10H,1-3H3;1H,(H,2,3);/q;;+1/p-1/b18-11-;;. The molecule has 0 aliphatic heterocycles. The Morgan fingerprint density at radius 3 is 1.93 bits per heavy atom. The number of benzene rings is 2. The number of carboxylic acid groups (broad SMARTS) is 1. The van der Waals surface area contributed by atoms with Crippen LogP contribution < -0.4 is 34.7 Å². The second-order valence-corrected chi connectivity index (χ2v) is 8.00. The van der Waals surface area contributed by atoms with E-state index in [0.717, 1.165) is 6.26 Å². The van der Waals surface area contributed by atoms with Crippen molar-refractivity contribution < 1.29 is 57.1 Å². The summed E-state index contributed by atoms with van der Waals surface area (Å²) in [6.07, 6.45) is 1.12. The average molecular weight is 435 g/mol. The zero-order valence-corrected chi connectivity index (χ0v) is 19.4. The molecule has 0 amide bonds. The minimum atomic E-state index is -3.31. The number of allylic oxidation sites excluding steroid dienone is 2. The summed E-state index contributed by atoms with van der Waals surface area (Å²) in [6.45, 7) is 2.67. The monoisotopic (exact) mass is 434 g/mol. The van der Waals surface area contributed by atoms with Crippen LogP contribution in [0.5, 0.6) is 0 Å².